The maximum atomic E-state index is 13.6. The van der Waals surface area contributed by atoms with Crippen LogP contribution in [0.4, 0.5) is 4.39 Å². The molecule has 0 aromatic rings. The minimum absolute atomic E-state index is 0.710. The van der Waals surface area contributed by atoms with Crippen LogP contribution < -0.4 is 0 Å². The van der Waals surface area contributed by atoms with E-state index in [2.05, 4.69) is 27.8 Å². The van der Waals surface area contributed by atoms with Crippen molar-refractivity contribution in [3.63, 3.8) is 0 Å². The van der Waals surface area contributed by atoms with Gasteiger partial charge in [-0.2, -0.15) is 0 Å². The third-order valence-electron chi connectivity index (χ3n) is 1.36. The van der Waals surface area contributed by atoms with Crippen molar-refractivity contribution in [1.29, 1.82) is 0 Å². The van der Waals surface area contributed by atoms with E-state index in [0.717, 1.165) is 0 Å². The van der Waals surface area contributed by atoms with Crippen LogP contribution in [-0.4, -0.2) is 12.3 Å². The summed E-state index contributed by atoms with van der Waals surface area (Å²) < 4.78 is 12.2. The zero-order chi connectivity index (χ0) is 9.12. The minimum Gasteiger partial charge on any atom is -0.222 e. The number of hydrogen-bond donors (Lipinski definition) is 0. The monoisotopic (exact) mass is 236 g/mol. The van der Waals surface area contributed by atoms with Crippen molar-refractivity contribution < 1.29 is 4.39 Å². The summed E-state index contributed by atoms with van der Waals surface area (Å²) in [6.07, 6.45) is 0.710. The molecular weight excluding hydrogens is 223 g/mol. The number of hydrogen-bond acceptors (Lipinski definition) is 0. The van der Waals surface area contributed by atoms with Crippen LogP contribution in [0.1, 0.15) is 13.3 Å². The van der Waals surface area contributed by atoms with E-state index in [1.54, 1.807) is 0 Å². The van der Waals surface area contributed by atoms with Crippen LogP contribution in [0.5, 0.6) is 0 Å². The van der Waals surface area contributed by atoms with E-state index in [-0.39, 0.29) is 0 Å². The Labute approximate surface area is 77.7 Å². The van der Waals surface area contributed by atoms with Crippen LogP contribution in [0.15, 0.2) is 0 Å². The van der Waals surface area contributed by atoms with Gasteiger partial charge in [-0.15, -0.1) is 0 Å². The van der Waals surface area contributed by atoms with Crippen molar-refractivity contribution in [2.24, 2.45) is 0 Å². The smallest absolute Gasteiger partial charge is 0.207 e. The number of halogens is 2. The van der Waals surface area contributed by atoms with Gasteiger partial charge in [-0.25, -0.2) is 4.39 Å². The molecule has 64 valence electrons. The first-order chi connectivity index (χ1) is 4.81. The molecule has 0 aromatic carbocycles. The van der Waals surface area contributed by atoms with Crippen molar-refractivity contribution in [2.45, 2.75) is 37.2 Å². The normalized spacial score (nSPS) is 16.5. The maximum Gasteiger partial charge on any atom is 0.207 e. The largest absolute Gasteiger partial charge is 0.222 e. The van der Waals surface area contributed by atoms with Gasteiger partial charge >= 0.3 is 0 Å². The van der Waals surface area contributed by atoms with Gasteiger partial charge in [0.1, 0.15) is 8.07 Å². The third-order valence-corrected chi connectivity index (χ3v) is 7.14. The summed E-state index contributed by atoms with van der Waals surface area (Å²) in [6, 6.07) is 0. The van der Waals surface area contributed by atoms with Crippen LogP contribution in [0.2, 0.25) is 19.6 Å². The quantitative estimate of drug-likeness (QED) is 0.373. The van der Waals surface area contributed by atoms with Crippen molar-refractivity contribution >= 4 is 24.0 Å². The molecule has 0 aliphatic carbocycles. The second kappa shape index (κ2) is 3.73. The second-order valence-corrected chi connectivity index (χ2v) is 10.5. The lowest BCUT2D eigenvalue weighted by molar-refractivity contribution is 0.475. The van der Waals surface area contributed by atoms with Gasteiger partial charge in [0.25, 0.3) is 0 Å². The standard InChI is InChI=1S/C8H14BrFSi/c1-5-6-7-8(9,10)11(2,3)4/h5H2,1-4H3. The Bertz CT molecular complexity index is 182. The fourth-order valence-corrected chi connectivity index (χ4v) is 0.990. The molecule has 0 heterocycles. The molecule has 0 saturated heterocycles. The average Bonchev–Trinajstić information content (AvgIpc) is 1.81. The molecule has 0 N–H and O–H groups in total. The Morgan fingerprint density at radius 2 is 1.91 bits per heavy atom. The molecule has 0 rings (SSSR count). The highest BCUT2D eigenvalue weighted by atomic mass is 79.9. The van der Waals surface area contributed by atoms with E-state index < -0.39 is 12.3 Å². The summed E-state index contributed by atoms with van der Waals surface area (Å²) in [6.45, 7) is 7.77. The fourth-order valence-electron chi connectivity index (χ4n) is 0.387. The lowest BCUT2D eigenvalue weighted by Crippen LogP contribution is -2.42. The lowest BCUT2D eigenvalue weighted by Gasteiger charge is -2.25. The van der Waals surface area contributed by atoms with E-state index in [0.29, 0.717) is 6.42 Å². The van der Waals surface area contributed by atoms with E-state index in [4.69, 9.17) is 0 Å². The van der Waals surface area contributed by atoms with Crippen molar-refractivity contribution in [2.75, 3.05) is 0 Å². The first-order valence-electron chi connectivity index (χ1n) is 3.69. The van der Waals surface area contributed by atoms with Crippen molar-refractivity contribution in [3.05, 3.63) is 0 Å². The van der Waals surface area contributed by atoms with Crippen molar-refractivity contribution in [1.82, 2.24) is 0 Å². The Kier molecular flexibility index (Phi) is 3.79. The molecule has 1 atom stereocenters. The van der Waals surface area contributed by atoms with Gasteiger partial charge in [0, 0.05) is 6.42 Å². The molecule has 0 spiro atoms. The highest BCUT2D eigenvalue weighted by Crippen LogP contribution is 2.30. The van der Waals surface area contributed by atoms with Crippen LogP contribution in [0, 0.1) is 11.8 Å². The summed E-state index contributed by atoms with van der Waals surface area (Å²) >= 11 is 3.02. The third kappa shape index (κ3) is 3.39. The Hall–Kier alpha value is 0.187. The van der Waals surface area contributed by atoms with E-state index in [9.17, 15) is 4.39 Å². The maximum absolute atomic E-state index is 13.6. The fraction of sp³-hybridized carbons (Fsp3) is 0.750. The van der Waals surface area contributed by atoms with E-state index in [1.165, 1.54) is 0 Å². The summed E-state index contributed by atoms with van der Waals surface area (Å²) in [5, 5.41) is 0. The van der Waals surface area contributed by atoms with Gasteiger partial charge in [-0.1, -0.05) is 38.4 Å². The SMILES string of the molecule is CCC#CC(F)(Br)[Si](C)(C)C. The predicted octanol–water partition coefficient (Wildman–Crippen LogP) is 3.34. The van der Waals surface area contributed by atoms with Gasteiger partial charge in [0.2, 0.25) is 4.20 Å². The topological polar surface area (TPSA) is 0 Å². The molecular formula is C8H14BrFSi. The van der Waals surface area contributed by atoms with Gasteiger partial charge in [0.15, 0.2) is 0 Å². The van der Waals surface area contributed by atoms with Gasteiger partial charge in [0.05, 0.1) is 0 Å². The zero-order valence-electron chi connectivity index (χ0n) is 7.46. The first kappa shape index (κ1) is 11.2. The highest BCUT2D eigenvalue weighted by Gasteiger charge is 2.40. The second-order valence-electron chi connectivity index (χ2n) is 3.48. The molecule has 0 aromatic heterocycles. The Morgan fingerprint density at radius 1 is 1.45 bits per heavy atom. The molecule has 0 fully saturated rings. The van der Waals surface area contributed by atoms with Crippen molar-refractivity contribution in [3.8, 4) is 11.8 Å². The molecule has 3 heteroatoms. The molecule has 0 aliphatic rings. The zero-order valence-corrected chi connectivity index (χ0v) is 10.0. The molecule has 11 heavy (non-hydrogen) atoms. The summed E-state index contributed by atoms with van der Waals surface area (Å²) in [5.41, 5.74) is 0. The Balaban J connectivity index is 4.47. The van der Waals surface area contributed by atoms with Gasteiger partial charge < -0.3 is 0 Å². The molecule has 1 unspecified atom stereocenters. The molecule has 0 amide bonds. The van der Waals surface area contributed by atoms with Crippen LogP contribution in [0.25, 0.3) is 0 Å². The highest BCUT2D eigenvalue weighted by molar-refractivity contribution is 9.10. The summed E-state index contributed by atoms with van der Waals surface area (Å²) in [5.74, 6) is 5.37. The average molecular weight is 237 g/mol. The lowest BCUT2D eigenvalue weighted by atomic mass is 10.5. The minimum atomic E-state index is -1.85. The molecule has 0 radical (unpaired) electrons. The van der Waals surface area contributed by atoms with Crippen LogP contribution in [0.3, 0.4) is 0 Å². The molecule has 0 saturated carbocycles. The van der Waals surface area contributed by atoms with Crippen LogP contribution >= 0.6 is 15.9 Å². The first-order valence-corrected chi connectivity index (χ1v) is 7.98. The summed E-state index contributed by atoms with van der Waals surface area (Å²) in [7, 11) is -1.85. The summed E-state index contributed by atoms with van der Waals surface area (Å²) in [4.78, 5) is 0. The Morgan fingerprint density at radius 3 is 2.18 bits per heavy atom. The van der Waals surface area contributed by atoms with E-state index in [1.807, 2.05) is 26.6 Å². The number of alkyl halides is 2. The van der Waals surface area contributed by atoms with Gasteiger partial charge in [-0.3, -0.25) is 0 Å². The van der Waals surface area contributed by atoms with Gasteiger partial charge in [-0.05, 0) is 15.9 Å². The predicted molar refractivity (Wildman–Crippen MR) is 54.2 cm³/mol. The molecule has 0 aliphatic heterocycles. The number of rotatable bonds is 1. The van der Waals surface area contributed by atoms with E-state index >= 15 is 0 Å². The molecule has 0 bridgehead atoms. The van der Waals surface area contributed by atoms with Crippen LogP contribution in [-0.2, 0) is 0 Å². The molecule has 0 nitrogen and oxygen atoms in total.